The molecule has 0 aliphatic carbocycles. The molecule has 3 heterocycles. The van der Waals surface area contributed by atoms with Gasteiger partial charge in [0.05, 0.1) is 19.0 Å². The lowest BCUT2D eigenvalue weighted by molar-refractivity contribution is -0.0367. The van der Waals surface area contributed by atoms with E-state index in [9.17, 15) is 9.59 Å². The molecule has 3 aromatic rings. The fraction of sp³-hybridized carbons (Fsp3) is 0.478. The minimum atomic E-state index is -1.84. The smallest absolute Gasteiger partial charge is 0.280 e. The molecule has 0 radical (unpaired) electrons. The normalized spacial score (nSPS) is 20.9. The first kappa shape index (κ1) is 25.4. The second kappa shape index (κ2) is 9.78. The fourth-order valence-electron chi connectivity index (χ4n) is 3.90. The number of hydrogen-bond acceptors (Lipinski definition) is 7. The Morgan fingerprint density at radius 2 is 1.89 bits per heavy atom. The maximum Gasteiger partial charge on any atom is 0.280 e. The van der Waals surface area contributed by atoms with E-state index in [2.05, 4.69) is 59.6 Å². The van der Waals surface area contributed by atoms with Crippen LogP contribution >= 0.6 is 0 Å². The molecule has 10 nitrogen and oxygen atoms in total. The number of rotatable bonds is 8. The van der Waals surface area contributed by atoms with Gasteiger partial charge in [0.2, 0.25) is 5.95 Å². The van der Waals surface area contributed by atoms with Gasteiger partial charge in [0.1, 0.15) is 12.3 Å². The molecule has 1 amide bonds. The lowest BCUT2D eigenvalue weighted by Gasteiger charge is -2.28. The molecule has 35 heavy (non-hydrogen) atoms. The van der Waals surface area contributed by atoms with Crippen LogP contribution in [0.3, 0.4) is 0 Å². The van der Waals surface area contributed by atoms with E-state index in [4.69, 9.17) is 13.6 Å². The van der Waals surface area contributed by atoms with E-state index in [1.54, 1.807) is 35.2 Å². The van der Waals surface area contributed by atoms with E-state index in [1.807, 2.05) is 6.07 Å². The monoisotopic (exact) mass is 515 g/mol. The fourth-order valence-corrected chi connectivity index (χ4v) is 5.72. The minimum Gasteiger partial charge on any atom is -0.415 e. The summed E-state index contributed by atoms with van der Waals surface area (Å²) >= 11 is 0. The molecule has 1 fully saturated rings. The van der Waals surface area contributed by atoms with Gasteiger partial charge in [0, 0.05) is 12.0 Å². The van der Waals surface area contributed by atoms with Gasteiger partial charge in [-0.1, -0.05) is 18.2 Å². The maximum absolute atomic E-state index is 12.7. The SMILES string of the molecule is C[Si](C)(C)OC[C@H]1O[C@@H](n2cnc3c(=O)[nH]c(NC(=O)c4ccccc4)nc32)C[C@H]1O[Si](C)(C)C. The predicted octanol–water partition coefficient (Wildman–Crippen LogP) is 3.73. The summed E-state index contributed by atoms with van der Waals surface area (Å²) in [5.41, 5.74) is 0.527. The van der Waals surface area contributed by atoms with Crippen molar-refractivity contribution in [3.05, 3.63) is 52.6 Å². The lowest BCUT2D eigenvalue weighted by atomic mass is 10.2. The number of imidazole rings is 1. The number of H-pyrrole nitrogens is 1. The summed E-state index contributed by atoms with van der Waals surface area (Å²) in [4.78, 5) is 36.6. The van der Waals surface area contributed by atoms with Crippen LogP contribution < -0.4 is 10.9 Å². The molecule has 3 atom stereocenters. The molecule has 0 bridgehead atoms. The molecule has 2 N–H and O–H groups in total. The van der Waals surface area contributed by atoms with Crippen molar-refractivity contribution in [2.45, 2.75) is 64.1 Å². The van der Waals surface area contributed by atoms with Crippen LogP contribution in [0.15, 0.2) is 41.5 Å². The van der Waals surface area contributed by atoms with Gasteiger partial charge in [-0.05, 0) is 51.4 Å². The lowest BCUT2D eigenvalue weighted by Crippen LogP contribution is -2.40. The summed E-state index contributed by atoms with van der Waals surface area (Å²) in [5, 5.41) is 2.66. The number of nitrogens with one attached hydrogen (secondary N) is 2. The molecule has 188 valence electrons. The van der Waals surface area contributed by atoms with Crippen molar-refractivity contribution >= 4 is 39.7 Å². The number of fused-ring (bicyclic) bond motifs is 1. The second-order valence-corrected chi connectivity index (χ2v) is 19.6. The van der Waals surface area contributed by atoms with Crippen LogP contribution in [0.5, 0.6) is 0 Å². The van der Waals surface area contributed by atoms with E-state index in [1.165, 1.54) is 0 Å². The molecule has 0 saturated carbocycles. The number of ether oxygens (including phenoxy) is 1. The highest BCUT2D eigenvalue weighted by molar-refractivity contribution is 6.70. The Morgan fingerprint density at radius 3 is 2.54 bits per heavy atom. The maximum atomic E-state index is 12.7. The summed E-state index contributed by atoms with van der Waals surface area (Å²) in [6, 6.07) is 8.72. The summed E-state index contributed by atoms with van der Waals surface area (Å²) in [6.45, 7) is 13.3. The van der Waals surface area contributed by atoms with Crippen LogP contribution in [-0.2, 0) is 13.6 Å². The van der Waals surface area contributed by atoms with Gasteiger partial charge in [0.15, 0.2) is 27.8 Å². The number of amides is 1. The summed E-state index contributed by atoms with van der Waals surface area (Å²) < 4.78 is 20.7. The molecular weight excluding hydrogens is 482 g/mol. The molecule has 0 spiro atoms. The van der Waals surface area contributed by atoms with Gasteiger partial charge in [-0.2, -0.15) is 4.98 Å². The number of carbonyl (C=O) groups excluding carboxylic acids is 1. The molecule has 1 saturated heterocycles. The number of carbonyl (C=O) groups is 1. The highest BCUT2D eigenvalue weighted by atomic mass is 28.4. The van der Waals surface area contributed by atoms with Crippen LogP contribution in [0.1, 0.15) is 23.0 Å². The third kappa shape index (κ3) is 6.33. The van der Waals surface area contributed by atoms with Gasteiger partial charge in [-0.15, -0.1) is 0 Å². The van der Waals surface area contributed by atoms with E-state index >= 15 is 0 Å². The molecule has 2 aromatic heterocycles. The largest absolute Gasteiger partial charge is 0.415 e. The van der Waals surface area contributed by atoms with Crippen LogP contribution in [0, 0.1) is 0 Å². The zero-order chi connectivity index (χ0) is 25.4. The summed E-state index contributed by atoms with van der Waals surface area (Å²) in [5.74, 6) is -0.326. The topological polar surface area (TPSA) is 120 Å². The zero-order valence-electron chi connectivity index (χ0n) is 21.0. The Balaban J connectivity index is 1.61. The molecular formula is C23H33N5O5Si2. The van der Waals surface area contributed by atoms with Gasteiger partial charge in [-0.3, -0.25) is 24.5 Å². The number of hydrogen-bond donors (Lipinski definition) is 2. The highest BCUT2D eigenvalue weighted by Crippen LogP contribution is 2.34. The standard InChI is InChI=1S/C23H33N5O5Si2/c1-34(2,3)31-13-17-16(33-35(4,5)6)12-18(32-17)28-14-24-19-20(28)25-23(27-22(19)30)26-21(29)15-10-8-7-9-11-15/h7-11,14,16-18H,12-13H2,1-6H3,(H2,25,26,27,29,30)/t16-,17-,18-/m1/s1. The Hall–Kier alpha value is -2.65. The Bertz CT molecular complexity index is 1250. The van der Waals surface area contributed by atoms with Crippen LogP contribution in [0.4, 0.5) is 5.95 Å². The van der Waals surface area contributed by atoms with Crippen molar-refractivity contribution in [3.8, 4) is 0 Å². The first-order valence-corrected chi connectivity index (χ1v) is 18.5. The zero-order valence-corrected chi connectivity index (χ0v) is 23.0. The third-order valence-corrected chi connectivity index (χ3v) is 7.42. The number of nitrogens with zero attached hydrogens (tertiary/aromatic N) is 3. The molecule has 0 unspecified atom stereocenters. The third-order valence-electron chi connectivity index (χ3n) is 5.38. The number of aromatic amines is 1. The van der Waals surface area contributed by atoms with Gasteiger partial charge >= 0.3 is 0 Å². The summed E-state index contributed by atoms with van der Waals surface area (Å²) in [6.07, 6.45) is 1.32. The van der Waals surface area contributed by atoms with Crippen molar-refractivity contribution < 1.29 is 18.4 Å². The van der Waals surface area contributed by atoms with Crippen molar-refractivity contribution in [2.75, 3.05) is 11.9 Å². The van der Waals surface area contributed by atoms with E-state index in [0.29, 0.717) is 24.2 Å². The number of aromatic nitrogens is 4. The first-order chi connectivity index (χ1) is 16.4. The van der Waals surface area contributed by atoms with Crippen molar-refractivity contribution in [1.29, 1.82) is 0 Å². The van der Waals surface area contributed by atoms with Crippen LogP contribution in [0.2, 0.25) is 39.3 Å². The van der Waals surface area contributed by atoms with Crippen LogP contribution in [-0.4, -0.2) is 60.9 Å². The molecule has 4 rings (SSSR count). The minimum absolute atomic E-state index is 0.0459. The number of benzene rings is 1. The Labute approximate surface area is 206 Å². The van der Waals surface area contributed by atoms with Gasteiger partial charge in [-0.25, -0.2) is 4.98 Å². The second-order valence-electron chi connectivity index (χ2n) is 10.6. The average Bonchev–Trinajstić information content (AvgIpc) is 3.35. The molecule has 1 aromatic carbocycles. The van der Waals surface area contributed by atoms with Crippen molar-refractivity contribution in [1.82, 2.24) is 19.5 Å². The predicted molar refractivity (Wildman–Crippen MR) is 139 cm³/mol. The molecule has 12 heteroatoms. The first-order valence-electron chi connectivity index (χ1n) is 11.7. The summed E-state index contributed by atoms with van der Waals surface area (Å²) in [7, 11) is -3.59. The van der Waals surface area contributed by atoms with Crippen molar-refractivity contribution in [2.24, 2.45) is 0 Å². The molecule has 1 aliphatic heterocycles. The van der Waals surface area contributed by atoms with E-state index in [0.717, 1.165) is 0 Å². The van der Waals surface area contributed by atoms with E-state index < -0.39 is 28.4 Å². The quantitative estimate of drug-likeness (QED) is 0.439. The number of anilines is 1. The van der Waals surface area contributed by atoms with Crippen molar-refractivity contribution in [3.63, 3.8) is 0 Å². The Morgan fingerprint density at radius 1 is 1.17 bits per heavy atom. The van der Waals surface area contributed by atoms with Gasteiger partial charge in [0.25, 0.3) is 11.5 Å². The Kier molecular flexibility index (Phi) is 7.11. The van der Waals surface area contributed by atoms with Gasteiger partial charge < -0.3 is 13.6 Å². The van der Waals surface area contributed by atoms with E-state index in [-0.39, 0.29) is 29.6 Å². The van der Waals surface area contributed by atoms with Crippen LogP contribution in [0.25, 0.3) is 11.2 Å². The molecule has 1 aliphatic rings. The highest BCUT2D eigenvalue weighted by Gasteiger charge is 2.40. The average molecular weight is 516 g/mol.